The van der Waals surface area contributed by atoms with Crippen LogP contribution in [0.5, 0.6) is 0 Å². The van der Waals surface area contributed by atoms with Crippen LogP contribution in [0.25, 0.3) is 0 Å². The molecule has 1 aromatic rings. The monoisotopic (exact) mass is 387 g/mol. The van der Waals surface area contributed by atoms with Crippen LogP contribution in [0, 0.1) is 5.92 Å². The first-order chi connectivity index (χ1) is 8.85. The average Bonchev–Trinajstić information content (AvgIpc) is 2.33. The van der Waals surface area contributed by atoms with Gasteiger partial charge in [-0.05, 0) is 37.0 Å². The average molecular weight is 389 g/mol. The molecule has 108 valence electrons. The number of halogens is 3. The van der Waals surface area contributed by atoms with Crippen molar-refractivity contribution in [3.8, 4) is 0 Å². The number of benzene rings is 1. The molecule has 1 N–H and O–H groups in total. The van der Waals surface area contributed by atoms with Gasteiger partial charge in [0.05, 0.1) is 4.90 Å². The van der Waals surface area contributed by atoms with Gasteiger partial charge in [-0.2, -0.15) is 0 Å². The van der Waals surface area contributed by atoms with Gasteiger partial charge in [0.25, 0.3) is 0 Å². The minimum Gasteiger partial charge on any atom is -0.211 e. The molecule has 0 fully saturated rings. The summed E-state index contributed by atoms with van der Waals surface area (Å²) in [5, 5.41) is 1.53. The summed E-state index contributed by atoms with van der Waals surface area (Å²) < 4.78 is 26.6. The Morgan fingerprint density at radius 2 is 1.84 bits per heavy atom. The third kappa shape index (κ3) is 6.00. The molecule has 0 aliphatic carbocycles. The number of sulfonamides is 1. The Morgan fingerprint density at radius 3 is 2.37 bits per heavy atom. The zero-order chi connectivity index (χ0) is 14.5. The van der Waals surface area contributed by atoms with Crippen LogP contribution in [-0.4, -0.2) is 20.3 Å². The summed E-state index contributed by atoms with van der Waals surface area (Å²) in [6.07, 6.45) is 1.75. The van der Waals surface area contributed by atoms with E-state index < -0.39 is 10.0 Å². The van der Waals surface area contributed by atoms with Crippen LogP contribution in [0.4, 0.5) is 0 Å². The quantitative estimate of drug-likeness (QED) is 0.564. The Morgan fingerprint density at radius 1 is 1.26 bits per heavy atom. The molecule has 1 unspecified atom stereocenters. The zero-order valence-corrected chi connectivity index (χ0v) is 14.4. The number of rotatable bonds is 7. The highest BCUT2D eigenvalue weighted by Crippen LogP contribution is 2.22. The highest BCUT2D eigenvalue weighted by molar-refractivity contribution is 9.09. The number of nitrogens with one attached hydrogen (secondary N) is 1. The lowest BCUT2D eigenvalue weighted by molar-refractivity contribution is 0.546. The van der Waals surface area contributed by atoms with E-state index in [1.54, 1.807) is 0 Å². The SMILES string of the molecule is CC(CBr)CCCNS(=O)(=O)c1cc(Cl)cc(Cl)c1. The van der Waals surface area contributed by atoms with Gasteiger partial charge < -0.3 is 0 Å². The van der Waals surface area contributed by atoms with Crippen molar-refractivity contribution in [2.24, 2.45) is 5.92 Å². The van der Waals surface area contributed by atoms with Crippen LogP contribution >= 0.6 is 39.1 Å². The molecule has 0 saturated heterocycles. The molecule has 0 heterocycles. The van der Waals surface area contributed by atoms with Crippen molar-refractivity contribution in [2.45, 2.75) is 24.7 Å². The predicted molar refractivity (Wildman–Crippen MR) is 83.8 cm³/mol. The third-order valence-electron chi connectivity index (χ3n) is 2.58. The summed E-state index contributed by atoms with van der Waals surface area (Å²) in [5.41, 5.74) is 0. The van der Waals surface area contributed by atoms with E-state index in [-0.39, 0.29) is 4.90 Å². The predicted octanol–water partition coefficient (Wildman–Crippen LogP) is 4.08. The van der Waals surface area contributed by atoms with Crippen molar-refractivity contribution in [3.63, 3.8) is 0 Å². The molecule has 0 radical (unpaired) electrons. The van der Waals surface area contributed by atoms with Gasteiger partial charge in [-0.25, -0.2) is 13.1 Å². The topological polar surface area (TPSA) is 46.2 Å². The van der Waals surface area contributed by atoms with Crippen molar-refractivity contribution in [3.05, 3.63) is 28.2 Å². The van der Waals surface area contributed by atoms with Crippen molar-refractivity contribution in [1.29, 1.82) is 0 Å². The van der Waals surface area contributed by atoms with E-state index in [0.29, 0.717) is 22.5 Å². The van der Waals surface area contributed by atoms with E-state index in [2.05, 4.69) is 27.6 Å². The summed E-state index contributed by atoms with van der Waals surface area (Å²) >= 11 is 15.0. The van der Waals surface area contributed by atoms with Crippen molar-refractivity contribution in [2.75, 3.05) is 11.9 Å². The molecule has 0 aromatic heterocycles. The summed E-state index contributed by atoms with van der Waals surface area (Å²) in [4.78, 5) is 0.0959. The number of hydrogen-bond donors (Lipinski definition) is 1. The summed E-state index contributed by atoms with van der Waals surface area (Å²) in [6, 6.07) is 4.27. The van der Waals surface area contributed by atoms with Gasteiger partial charge >= 0.3 is 0 Å². The van der Waals surface area contributed by atoms with Gasteiger partial charge in [-0.1, -0.05) is 46.1 Å². The standard InChI is InChI=1S/C12H16BrCl2NO2S/c1-9(8-13)3-2-4-16-19(17,18)12-6-10(14)5-11(15)7-12/h5-7,9,16H,2-4,8H2,1H3. The third-order valence-corrected chi connectivity index (χ3v) is 5.56. The zero-order valence-electron chi connectivity index (χ0n) is 10.5. The summed E-state index contributed by atoms with van der Waals surface area (Å²) in [5.74, 6) is 0.533. The molecule has 0 bridgehead atoms. The maximum atomic E-state index is 12.0. The second kappa shape index (κ2) is 7.84. The van der Waals surface area contributed by atoms with Crippen LogP contribution in [-0.2, 0) is 10.0 Å². The Balaban J connectivity index is 2.61. The minimum atomic E-state index is -3.54. The van der Waals surface area contributed by atoms with Crippen molar-refractivity contribution < 1.29 is 8.42 Å². The fourth-order valence-electron chi connectivity index (χ4n) is 1.50. The molecule has 3 nitrogen and oxygen atoms in total. The van der Waals surface area contributed by atoms with Gasteiger partial charge in [0, 0.05) is 21.9 Å². The van der Waals surface area contributed by atoms with E-state index in [0.717, 1.165) is 18.2 Å². The normalized spacial score (nSPS) is 13.5. The van der Waals surface area contributed by atoms with E-state index in [9.17, 15) is 8.42 Å². The lowest BCUT2D eigenvalue weighted by Crippen LogP contribution is -2.25. The van der Waals surface area contributed by atoms with Crippen molar-refractivity contribution >= 4 is 49.2 Å². The summed E-state index contributed by atoms with van der Waals surface area (Å²) in [7, 11) is -3.54. The Bertz CT molecular complexity index is 502. The second-order valence-corrected chi connectivity index (χ2v) is 7.69. The van der Waals surface area contributed by atoms with E-state index in [1.807, 2.05) is 0 Å². The maximum Gasteiger partial charge on any atom is 0.240 e. The first kappa shape index (κ1) is 17.2. The Labute approximate surface area is 132 Å². The first-order valence-electron chi connectivity index (χ1n) is 5.87. The van der Waals surface area contributed by atoms with E-state index in [4.69, 9.17) is 23.2 Å². The molecule has 0 spiro atoms. The Hall–Kier alpha value is 0.190. The molecule has 0 amide bonds. The lowest BCUT2D eigenvalue weighted by atomic mass is 10.1. The molecule has 0 aliphatic heterocycles. The molecule has 1 atom stereocenters. The molecule has 1 rings (SSSR count). The lowest BCUT2D eigenvalue weighted by Gasteiger charge is -2.09. The molecular formula is C12H16BrCl2NO2S. The second-order valence-electron chi connectivity index (χ2n) is 4.40. The van der Waals surface area contributed by atoms with Gasteiger partial charge in [-0.15, -0.1) is 0 Å². The van der Waals surface area contributed by atoms with Crippen molar-refractivity contribution in [1.82, 2.24) is 4.72 Å². The van der Waals surface area contributed by atoms with Gasteiger partial charge in [0.15, 0.2) is 0 Å². The minimum absolute atomic E-state index is 0.0959. The maximum absolute atomic E-state index is 12.0. The fraction of sp³-hybridized carbons (Fsp3) is 0.500. The molecular weight excluding hydrogens is 373 g/mol. The van der Waals surface area contributed by atoms with Gasteiger partial charge in [0.1, 0.15) is 0 Å². The smallest absolute Gasteiger partial charge is 0.211 e. The van der Waals surface area contributed by atoms with E-state index >= 15 is 0 Å². The molecule has 7 heteroatoms. The highest BCUT2D eigenvalue weighted by Gasteiger charge is 2.15. The number of alkyl halides is 1. The molecule has 0 aliphatic rings. The Kier molecular flexibility index (Phi) is 7.11. The molecule has 19 heavy (non-hydrogen) atoms. The van der Waals surface area contributed by atoms with Crippen LogP contribution in [0.2, 0.25) is 10.0 Å². The molecule has 0 saturated carbocycles. The van der Waals surface area contributed by atoms with Gasteiger partial charge in [-0.3, -0.25) is 0 Å². The van der Waals surface area contributed by atoms with Crippen LogP contribution < -0.4 is 4.72 Å². The largest absolute Gasteiger partial charge is 0.240 e. The fourth-order valence-corrected chi connectivity index (χ4v) is 3.62. The highest BCUT2D eigenvalue weighted by atomic mass is 79.9. The number of hydrogen-bond acceptors (Lipinski definition) is 2. The van der Waals surface area contributed by atoms with Crippen LogP contribution in [0.1, 0.15) is 19.8 Å². The molecule has 1 aromatic carbocycles. The van der Waals surface area contributed by atoms with E-state index in [1.165, 1.54) is 18.2 Å². The van der Waals surface area contributed by atoms with Crippen LogP contribution in [0.3, 0.4) is 0 Å². The summed E-state index contributed by atoms with van der Waals surface area (Å²) in [6.45, 7) is 2.52. The van der Waals surface area contributed by atoms with Crippen LogP contribution in [0.15, 0.2) is 23.1 Å². The first-order valence-corrected chi connectivity index (χ1v) is 9.23. The van der Waals surface area contributed by atoms with Gasteiger partial charge in [0.2, 0.25) is 10.0 Å².